The predicted molar refractivity (Wildman–Crippen MR) is 124 cm³/mol. The van der Waals surface area contributed by atoms with Crippen molar-refractivity contribution in [3.63, 3.8) is 0 Å². The molecule has 2 heterocycles. The van der Waals surface area contributed by atoms with Crippen molar-refractivity contribution < 1.29 is 9.90 Å². The number of hydrogen-bond acceptors (Lipinski definition) is 3. The van der Waals surface area contributed by atoms with E-state index in [2.05, 4.69) is 16.0 Å². The number of nitrogens with one attached hydrogen (secondary N) is 1. The minimum Gasteiger partial charge on any atom is -0.508 e. The lowest BCUT2D eigenvalue weighted by Crippen LogP contribution is -2.37. The molecular formula is C27H24N2O2. The van der Waals surface area contributed by atoms with Crippen molar-refractivity contribution in [2.24, 2.45) is 0 Å². The molecule has 1 atom stereocenters. The standard InChI is InChI=1S/C27H24N2O2/c30-22-12-10-19(11-13-22)20-14-16-29(17-15-20)26(21-6-2-1-3-7-21)27(31)24-18-28-25-9-5-4-8-23(24)25/h1-14,18,26,28,30H,15-17H2. The summed E-state index contributed by atoms with van der Waals surface area (Å²) in [7, 11) is 0. The maximum absolute atomic E-state index is 13.8. The molecule has 31 heavy (non-hydrogen) atoms. The highest BCUT2D eigenvalue weighted by Crippen LogP contribution is 2.32. The van der Waals surface area contributed by atoms with Crippen LogP contribution in [0.15, 0.2) is 91.1 Å². The normalized spacial score (nSPS) is 15.5. The molecule has 154 valence electrons. The van der Waals surface area contributed by atoms with Gasteiger partial charge in [0, 0.05) is 35.8 Å². The topological polar surface area (TPSA) is 56.3 Å². The summed E-state index contributed by atoms with van der Waals surface area (Å²) in [5.41, 5.74) is 5.10. The van der Waals surface area contributed by atoms with Gasteiger partial charge in [0.25, 0.3) is 0 Å². The van der Waals surface area contributed by atoms with E-state index in [4.69, 9.17) is 0 Å². The van der Waals surface area contributed by atoms with Gasteiger partial charge in [0.05, 0.1) is 6.04 Å². The fourth-order valence-corrected chi connectivity index (χ4v) is 4.44. The number of ketones is 1. The summed E-state index contributed by atoms with van der Waals surface area (Å²) >= 11 is 0. The Bertz CT molecular complexity index is 1240. The number of aromatic amines is 1. The fraction of sp³-hybridized carbons (Fsp3) is 0.148. The van der Waals surface area contributed by atoms with Gasteiger partial charge in [0.2, 0.25) is 0 Å². The Morgan fingerprint density at radius 3 is 2.42 bits per heavy atom. The van der Waals surface area contributed by atoms with E-state index in [0.717, 1.165) is 40.6 Å². The first-order valence-electron chi connectivity index (χ1n) is 10.6. The monoisotopic (exact) mass is 408 g/mol. The molecule has 1 unspecified atom stereocenters. The van der Waals surface area contributed by atoms with Gasteiger partial charge in [-0.2, -0.15) is 0 Å². The number of benzene rings is 3. The van der Waals surface area contributed by atoms with E-state index in [1.165, 1.54) is 5.57 Å². The van der Waals surface area contributed by atoms with Crippen molar-refractivity contribution in [1.29, 1.82) is 0 Å². The summed E-state index contributed by atoms with van der Waals surface area (Å²) in [6, 6.07) is 25.0. The molecule has 0 bridgehead atoms. The first-order valence-corrected chi connectivity index (χ1v) is 10.6. The number of hydrogen-bond donors (Lipinski definition) is 2. The van der Waals surface area contributed by atoms with E-state index in [1.807, 2.05) is 72.9 Å². The number of phenols is 1. The van der Waals surface area contributed by atoms with Crippen LogP contribution in [0.1, 0.15) is 33.9 Å². The van der Waals surface area contributed by atoms with Crippen LogP contribution in [0.2, 0.25) is 0 Å². The Morgan fingerprint density at radius 2 is 1.68 bits per heavy atom. The van der Waals surface area contributed by atoms with E-state index >= 15 is 0 Å². The average molecular weight is 409 g/mol. The molecular weight excluding hydrogens is 384 g/mol. The lowest BCUT2D eigenvalue weighted by molar-refractivity contribution is 0.0833. The number of aromatic hydroxyl groups is 1. The van der Waals surface area contributed by atoms with Gasteiger partial charge < -0.3 is 10.1 Å². The van der Waals surface area contributed by atoms with E-state index in [1.54, 1.807) is 12.1 Å². The summed E-state index contributed by atoms with van der Waals surface area (Å²) in [6.07, 6.45) is 4.90. The zero-order chi connectivity index (χ0) is 21.2. The van der Waals surface area contributed by atoms with Crippen LogP contribution in [0.25, 0.3) is 16.5 Å². The lowest BCUT2D eigenvalue weighted by Gasteiger charge is -2.33. The van der Waals surface area contributed by atoms with Crippen LogP contribution in [-0.4, -0.2) is 33.9 Å². The number of nitrogens with zero attached hydrogens (tertiary/aromatic N) is 1. The molecule has 1 aliphatic heterocycles. The van der Waals surface area contributed by atoms with Crippen molar-refractivity contribution >= 4 is 22.3 Å². The molecule has 0 saturated heterocycles. The van der Waals surface area contributed by atoms with Gasteiger partial charge in [0.15, 0.2) is 5.78 Å². The maximum atomic E-state index is 13.8. The second kappa shape index (κ2) is 8.25. The van der Waals surface area contributed by atoms with Crippen LogP contribution in [0, 0.1) is 0 Å². The number of H-pyrrole nitrogens is 1. The molecule has 4 heteroatoms. The number of carbonyl (C=O) groups is 1. The third-order valence-corrected chi connectivity index (χ3v) is 6.06. The van der Waals surface area contributed by atoms with Crippen LogP contribution in [0.5, 0.6) is 5.75 Å². The number of para-hydroxylation sites is 1. The summed E-state index contributed by atoms with van der Waals surface area (Å²) in [5, 5.41) is 10.5. The van der Waals surface area contributed by atoms with Crippen molar-refractivity contribution in [2.45, 2.75) is 12.5 Å². The van der Waals surface area contributed by atoms with Crippen molar-refractivity contribution in [2.75, 3.05) is 13.1 Å². The second-order valence-electron chi connectivity index (χ2n) is 7.95. The highest BCUT2D eigenvalue weighted by molar-refractivity contribution is 6.10. The molecule has 1 aliphatic rings. The Labute approximate surface area is 181 Å². The van der Waals surface area contributed by atoms with Crippen molar-refractivity contribution in [3.8, 4) is 5.75 Å². The second-order valence-corrected chi connectivity index (χ2v) is 7.95. The Hall–Kier alpha value is -3.63. The largest absolute Gasteiger partial charge is 0.508 e. The molecule has 4 aromatic rings. The predicted octanol–water partition coefficient (Wildman–Crippen LogP) is 5.59. The van der Waals surface area contributed by atoms with E-state index in [9.17, 15) is 9.90 Å². The van der Waals surface area contributed by atoms with Crippen LogP contribution in [0.3, 0.4) is 0 Å². The molecule has 5 rings (SSSR count). The lowest BCUT2D eigenvalue weighted by atomic mass is 9.92. The average Bonchev–Trinajstić information content (AvgIpc) is 3.25. The summed E-state index contributed by atoms with van der Waals surface area (Å²) in [5.74, 6) is 0.389. The quantitative estimate of drug-likeness (QED) is 0.424. The Balaban J connectivity index is 1.48. The van der Waals surface area contributed by atoms with Crippen LogP contribution < -0.4 is 0 Å². The third kappa shape index (κ3) is 3.78. The molecule has 0 aliphatic carbocycles. The smallest absolute Gasteiger partial charge is 0.186 e. The van der Waals surface area contributed by atoms with Crippen molar-refractivity contribution in [3.05, 3.63) is 108 Å². The maximum Gasteiger partial charge on any atom is 0.186 e. The first-order chi connectivity index (χ1) is 15.2. The van der Waals surface area contributed by atoms with E-state index in [-0.39, 0.29) is 17.6 Å². The van der Waals surface area contributed by atoms with Crippen LogP contribution in [-0.2, 0) is 0 Å². The first kappa shape index (κ1) is 19.3. The zero-order valence-corrected chi connectivity index (χ0v) is 17.2. The highest BCUT2D eigenvalue weighted by Gasteiger charge is 2.31. The van der Waals surface area contributed by atoms with Gasteiger partial charge in [-0.1, -0.05) is 66.7 Å². The zero-order valence-electron chi connectivity index (χ0n) is 17.2. The van der Waals surface area contributed by atoms with Gasteiger partial charge in [0.1, 0.15) is 5.75 Å². The van der Waals surface area contributed by atoms with Crippen LogP contribution in [0.4, 0.5) is 0 Å². The van der Waals surface area contributed by atoms with Crippen LogP contribution >= 0.6 is 0 Å². The van der Waals surface area contributed by atoms with Gasteiger partial charge in [-0.15, -0.1) is 0 Å². The number of Topliss-reactive ketones (excluding diaryl/α,β-unsaturated/α-hetero) is 1. The number of carbonyl (C=O) groups excluding carboxylic acids is 1. The molecule has 4 nitrogen and oxygen atoms in total. The highest BCUT2D eigenvalue weighted by atomic mass is 16.3. The number of rotatable bonds is 5. The van der Waals surface area contributed by atoms with Gasteiger partial charge in [-0.25, -0.2) is 0 Å². The number of aromatic nitrogens is 1. The molecule has 0 amide bonds. The van der Waals surface area contributed by atoms with Gasteiger partial charge >= 0.3 is 0 Å². The molecule has 1 aromatic heterocycles. The van der Waals surface area contributed by atoms with Gasteiger partial charge in [-0.05, 0) is 41.3 Å². The fourth-order valence-electron chi connectivity index (χ4n) is 4.44. The molecule has 0 saturated carbocycles. The summed E-state index contributed by atoms with van der Waals surface area (Å²) in [4.78, 5) is 19.3. The SMILES string of the molecule is O=C(c1c[nH]c2ccccc12)C(c1ccccc1)N1CC=C(c2ccc(O)cc2)CC1. The van der Waals surface area contributed by atoms with Gasteiger partial charge in [-0.3, -0.25) is 9.69 Å². The number of fused-ring (bicyclic) bond motifs is 1. The molecule has 0 spiro atoms. The molecule has 2 N–H and O–H groups in total. The van der Waals surface area contributed by atoms with Crippen molar-refractivity contribution in [1.82, 2.24) is 9.88 Å². The summed E-state index contributed by atoms with van der Waals surface area (Å²) in [6.45, 7) is 1.49. The number of phenolic OH excluding ortho intramolecular Hbond substituents is 1. The minimum absolute atomic E-state index is 0.116. The molecule has 0 fully saturated rings. The molecule has 0 radical (unpaired) electrons. The minimum atomic E-state index is -0.335. The van der Waals surface area contributed by atoms with E-state index < -0.39 is 0 Å². The summed E-state index contributed by atoms with van der Waals surface area (Å²) < 4.78 is 0. The Morgan fingerprint density at radius 1 is 0.935 bits per heavy atom. The molecule has 3 aromatic carbocycles. The third-order valence-electron chi connectivity index (χ3n) is 6.06. The Kier molecular flexibility index (Phi) is 5.14. The van der Waals surface area contributed by atoms with E-state index in [0.29, 0.717) is 6.54 Å².